The number of hydrogen-bond donors (Lipinski definition) is 1. The van der Waals surface area contributed by atoms with Gasteiger partial charge in [0.1, 0.15) is 0 Å². The number of aromatic nitrogens is 2. The molecule has 0 amide bonds. The minimum absolute atomic E-state index is 0.868. The summed E-state index contributed by atoms with van der Waals surface area (Å²) in [6.07, 6.45) is 2.07. The maximum Gasteiger partial charge on any atom is 0.0638 e. The topological polar surface area (TPSA) is 29.9 Å². The number of rotatable bonds is 4. The summed E-state index contributed by atoms with van der Waals surface area (Å²) in [4.78, 5) is 0. The van der Waals surface area contributed by atoms with E-state index in [9.17, 15) is 0 Å². The second-order valence-electron chi connectivity index (χ2n) is 4.95. The predicted molar refractivity (Wildman–Crippen MR) is 74.4 cm³/mol. The summed E-state index contributed by atoms with van der Waals surface area (Å²) in [5.74, 6) is 0. The van der Waals surface area contributed by atoms with E-state index in [0.717, 1.165) is 18.8 Å². The Morgan fingerprint density at radius 3 is 2.50 bits per heavy atom. The van der Waals surface area contributed by atoms with Crippen LogP contribution in [0.4, 0.5) is 0 Å². The van der Waals surface area contributed by atoms with Gasteiger partial charge in [-0.1, -0.05) is 23.8 Å². The fourth-order valence-corrected chi connectivity index (χ4v) is 2.14. The standard InChI is InChI=1S/C15H21N3/c1-11-5-6-12(2)14(7-11)8-16-9-15-10-18(4)17-13(15)3/h5-7,10,16H,8-9H2,1-4H3. The van der Waals surface area contributed by atoms with Gasteiger partial charge >= 0.3 is 0 Å². The largest absolute Gasteiger partial charge is 0.308 e. The van der Waals surface area contributed by atoms with Crippen LogP contribution in [0.5, 0.6) is 0 Å². The summed E-state index contributed by atoms with van der Waals surface area (Å²) in [6, 6.07) is 6.59. The van der Waals surface area contributed by atoms with E-state index in [4.69, 9.17) is 0 Å². The van der Waals surface area contributed by atoms with E-state index in [0.29, 0.717) is 0 Å². The minimum Gasteiger partial charge on any atom is -0.308 e. The lowest BCUT2D eigenvalue weighted by molar-refractivity contribution is 0.687. The molecule has 96 valence electrons. The first kappa shape index (κ1) is 12.8. The third-order valence-electron chi connectivity index (χ3n) is 3.25. The maximum atomic E-state index is 4.35. The van der Waals surface area contributed by atoms with Crippen LogP contribution in [-0.4, -0.2) is 9.78 Å². The van der Waals surface area contributed by atoms with Crippen molar-refractivity contribution in [2.45, 2.75) is 33.9 Å². The average Bonchev–Trinajstić information content (AvgIpc) is 2.62. The molecular weight excluding hydrogens is 222 g/mol. The Hall–Kier alpha value is -1.61. The first-order chi connectivity index (χ1) is 8.56. The van der Waals surface area contributed by atoms with Gasteiger partial charge in [-0.25, -0.2) is 0 Å². The molecule has 0 radical (unpaired) electrons. The van der Waals surface area contributed by atoms with Crippen molar-refractivity contribution in [2.24, 2.45) is 7.05 Å². The highest BCUT2D eigenvalue weighted by Gasteiger charge is 2.03. The number of nitrogens with zero attached hydrogens (tertiary/aromatic N) is 2. The lowest BCUT2D eigenvalue weighted by atomic mass is 10.1. The molecule has 3 heteroatoms. The van der Waals surface area contributed by atoms with Gasteiger partial charge in [-0.3, -0.25) is 4.68 Å². The Kier molecular flexibility index (Phi) is 3.82. The van der Waals surface area contributed by atoms with Crippen LogP contribution in [0.15, 0.2) is 24.4 Å². The van der Waals surface area contributed by atoms with Gasteiger partial charge in [0.2, 0.25) is 0 Å². The Balaban J connectivity index is 1.96. The molecule has 1 aromatic carbocycles. The molecule has 0 bridgehead atoms. The summed E-state index contributed by atoms with van der Waals surface area (Å²) in [5, 5.41) is 7.83. The molecule has 3 nitrogen and oxygen atoms in total. The highest BCUT2D eigenvalue weighted by molar-refractivity contribution is 5.30. The lowest BCUT2D eigenvalue weighted by Crippen LogP contribution is -2.13. The van der Waals surface area contributed by atoms with Crippen molar-refractivity contribution in [3.63, 3.8) is 0 Å². The molecule has 0 fully saturated rings. The molecule has 0 aliphatic rings. The third-order valence-corrected chi connectivity index (χ3v) is 3.25. The van der Waals surface area contributed by atoms with Gasteiger partial charge in [-0.2, -0.15) is 5.10 Å². The quantitative estimate of drug-likeness (QED) is 0.894. The van der Waals surface area contributed by atoms with Gasteiger partial charge in [0.25, 0.3) is 0 Å². The van der Waals surface area contributed by atoms with Crippen molar-refractivity contribution >= 4 is 0 Å². The fraction of sp³-hybridized carbons (Fsp3) is 0.400. The van der Waals surface area contributed by atoms with Gasteiger partial charge in [-0.05, 0) is 31.9 Å². The Bertz CT molecular complexity index is 541. The van der Waals surface area contributed by atoms with E-state index in [1.807, 2.05) is 11.7 Å². The van der Waals surface area contributed by atoms with Crippen LogP contribution in [0.25, 0.3) is 0 Å². The molecule has 2 aromatic rings. The summed E-state index contributed by atoms with van der Waals surface area (Å²) >= 11 is 0. The molecular formula is C15H21N3. The Labute approximate surface area is 109 Å². The van der Waals surface area contributed by atoms with Crippen LogP contribution in [0, 0.1) is 20.8 Å². The van der Waals surface area contributed by atoms with E-state index in [1.165, 1.54) is 22.3 Å². The van der Waals surface area contributed by atoms with E-state index >= 15 is 0 Å². The van der Waals surface area contributed by atoms with Crippen molar-refractivity contribution in [2.75, 3.05) is 0 Å². The van der Waals surface area contributed by atoms with Crippen LogP contribution >= 0.6 is 0 Å². The second-order valence-corrected chi connectivity index (χ2v) is 4.95. The van der Waals surface area contributed by atoms with Crippen molar-refractivity contribution in [1.82, 2.24) is 15.1 Å². The van der Waals surface area contributed by atoms with E-state index in [-0.39, 0.29) is 0 Å². The predicted octanol–water partition coefficient (Wildman–Crippen LogP) is 2.64. The molecule has 0 spiro atoms. The smallest absolute Gasteiger partial charge is 0.0638 e. The molecule has 0 aliphatic heterocycles. The third kappa shape index (κ3) is 2.99. The molecule has 0 atom stereocenters. The molecule has 0 aliphatic carbocycles. The number of nitrogens with one attached hydrogen (secondary N) is 1. The first-order valence-corrected chi connectivity index (χ1v) is 6.32. The van der Waals surface area contributed by atoms with E-state index in [1.54, 1.807) is 0 Å². The van der Waals surface area contributed by atoms with Crippen LogP contribution in [0.3, 0.4) is 0 Å². The van der Waals surface area contributed by atoms with Gasteiger partial charge < -0.3 is 5.32 Å². The molecule has 0 saturated heterocycles. The molecule has 1 N–H and O–H groups in total. The summed E-state index contributed by atoms with van der Waals surface area (Å²) in [6.45, 7) is 8.11. The van der Waals surface area contributed by atoms with Crippen LogP contribution < -0.4 is 5.32 Å². The zero-order chi connectivity index (χ0) is 13.1. The van der Waals surface area contributed by atoms with Crippen molar-refractivity contribution in [3.8, 4) is 0 Å². The lowest BCUT2D eigenvalue weighted by Gasteiger charge is -2.08. The second kappa shape index (κ2) is 5.36. The van der Waals surface area contributed by atoms with Crippen molar-refractivity contribution < 1.29 is 0 Å². The number of benzene rings is 1. The molecule has 18 heavy (non-hydrogen) atoms. The van der Waals surface area contributed by atoms with Gasteiger partial charge in [0, 0.05) is 31.9 Å². The highest BCUT2D eigenvalue weighted by Crippen LogP contribution is 2.11. The normalized spacial score (nSPS) is 10.9. The van der Waals surface area contributed by atoms with E-state index in [2.05, 4.69) is 55.6 Å². The fourth-order valence-electron chi connectivity index (χ4n) is 2.14. The number of hydrogen-bond acceptors (Lipinski definition) is 2. The first-order valence-electron chi connectivity index (χ1n) is 6.32. The monoisotopic (exact) mass is 243 g/mol. The Morgan fingerprint density at radius 1 is 1.11 bits per heavy atom. The average molecular weight is 243 g/mol. The van der Waals surface area contributed by atoms with Gasteiger partial charge in [-0.15, -0.1) is 0 Å². The molecule has 1 aromatic heterocycles. The zero-order valence-electron chi connectivity index (χ0n) is 11.6. The molecule has 2 rings (SSSR count). The maximum absolute atomic E-state index is 4.35. The molecule has 1 heterocycles. The van der Waals surface area contributed by atoms with Crippen LogP contribution in [-0.2, 0) is 20.1 Å². The summed E-state index contributed by atoms with van der Waals surface area (Å²) < 4.78 is 1.87. The summed E-state index contributed by atoms with van der Waals surface area (Å²) in [5.41, 5.74) is 6.40. The highest BCUT2D eigenvalue weighted by atomic mass is 15.2. The van der Waals surface area contributed by atoms with Crippen LogP contribution in [0.1, 0.15) is 27.9 Å². The van der Waals surface area contributed by atoms with Crippen LogP contribution in [0.2, 0.25) is 0 Å². The van der Waals surface area contributed by atoms with E-state index < -0.39 is 0 Å². The van der Waals surface area contributed by atoms with Crippen molar-refractivity contribution in [1.29, 1.82) is 0 Å². The molecule has 0 saturated carbocycles. The number of aryl methyl sites for hydroxylation is 4. The summed E-state index contributed by atoms with van der Waals surface area (Å²) in [7, 11) is 1.96. The van der Waals surface area contributed by atoms with Gasteiger partial charge in [0.05, 0.1) is 5.69 Å². The van der Waals surface area contributed by atoms with Gasteiger partial charge in [0.15, 0.2) is 0 Å². The van der Waals surface area contributed by atoms with Crippen molar-refractivity contribution in [3.05, 3.63) is 52.3 Å². The minimum atomic E-state index is 0.868. The SMILES string of the molecule is Cc1ccc(C)c(CNCc2cn(C)nc2C)c1. The zero-order valence-corrected chi connectivity index (χ0v) is 11.6. The Morgan fingerprint density at radius 2 is 1.83 bits per heavy atom. The molecule has 0 unspecified atom stereocenters.